The van der Waals surface area contributed by atoms with Crippen molar-refractivity contribution in [1.82, 2.24) is 0 Å². The first-order valence-corrected chi connectivity index (χ1v) is 6.97. The minimum absolute atomic E-state index is 0.0882. The number of benzene rings is 1. The summed E-state index contributed by atoms with van der Waals surface area (Å²) in [6.07, 6.45) is 4.76. The molecule has 1 N–H and O–H groups in total. The van der Waals surface area contributed by atoms with Crippen LogP contribution in [0.4, 0.5) is 5.69 Å². The van der Waals surface area contributed by atoms with Gasteiger partial charge in [0.1, 0.15) is 0 Å². The largest absolute Gasteiger partial charge is 0.326 e. The zero-order valence-corrected chi connectivity index (χ0v) is 10.0. The smallest absolute Gasteiger partial charge is 0.227 e. The first kappa shape index (κ1) is 11.3. The standard InChI is InChI=1S/C12H15NO2S/c1-16(15)11-7-3-6-10(8-11)13-12(14)9-4-2-5-9/h3,6-9H,2,4-5H2,1H3,(H,13,14). The van der Waals surface area contributed by atoms with Crippen molar-refractivity contribution in [1.29, 1.82) is 0 Å². The maximum Gasteiger partial charge on any atom is 0.227 e. The number of anilines is 1. The summed E-state index contributed by atoms with van der Waals surface area (Å²) >= 11 is 0. The molecule has 16 heavy (non-hydrogen) atoms. The van der Waals surface area contributed by atoms with E-state index in [0.29, 0.717) is 0 Å². The van der Waals surface area contributed by atoms with E-state index in [9.17, 15) is 9.00 Å². The quantitative estimate of drug-likeness (QED) is 0.875. The second-order valence-corrected chi connectivity index (χ2v) is 5.48. The lowest BCUT2D eigenvalue weighted by Gasteiger charge is -2.24. The van der Waals surface area contributed by atoms with Gasteiger partial charge in [0.15, 0.2) is 0 Å². The fraction of sp³-hybridized carbons (Fsp3) is 0.417. The van der Waals surface area contributed by atoms with Crippen molar-refractivity contribution in [3.05, 3.63) is 24.3 Å². The molecule has 1 aromatic rings. The van der Waals surface area contributed by atoms with Crippen LogP contribution >= 0.6 is 0 Å². The summed E-state index contributed by atoms with van der Waals surface area (Å²) in [4.78, 5) is 12.4. The molecule has 0 aromatic heterocycles. The van der Waals surface area contributed by atoms with Gasteiger partial charge in [0, 0.05) is 33.6 Å². The number of amides is 1. The molecule has 0 saturated heterocycles. The topological polar surface area (TPSA) is 46.2 Å². The van der Waals surface area contributed by atoms with Crippen molar-refractivity contribution in [2.75, 3.05) is 11.6 Å². The van der Waals surface area contributed by atoms with E-state index >= 15 is 0 Å². The third kappa shape index (κ3) is 2.50. The normalized spacial score (nSPS) is 17.6. The van der Waals surface area contributed by atoms with E-state index < -0.39 is 10.8 Å². The van der Waals surface area contributed by atoms with Crippen LogP contribution in [-0.2, 0) is 15.6 Å². The first-order valence-electron chi connectivity index (χ1n) is 5.41. The van der Waals surface area contributed by atoms with Crippen LogP contribution in [0, 0.1) is 5.92 Å². The van der Waals surface area contributed by atoms with E-state index in [2.05, 4.69) is 5.32 Å². The Morgan fingerprint density at radius 2 is 2.19 bits per heavy atom. The molecule has 1 aliphatic carbocycles. The Hall–Kier alpha value is -1.16. The molecule has 0 radical (unpaired) electrons. The van der Waals surface area contributed by atoms with Crippen molar-refractivity contribution >= 4 is 22.4 Å². The number of carbonyl (C=O) groups excluding carboxylic acids is 1. The summed E-state index contributed by atoms with van der Waals surface area (Å²) in [6, 6.07) is 7.21. The predicted molar refractivity (Wildman–Crippen MR) is 64.7 cm³/mol. The molecule has 2 rings (SSSR count). The number of carbonyl (C=O) groups is 1. The summed E-state index contributed by atoms with van der Waals surface area (Å²) in [5, 5.41) is 2.87. The van der Waals surface area contributed by atoms with Gasteiger partial charge in [-0.15, -0.1) is 0 Å². The maximum atomic E-state index is 11.7. The third-order valence-electron chi connectivity index (χ3n) is 2.91. The molecular weight excluding hydrogens is 222 g/mol. The van der Waals surface area contributed by atoms with E-state index in [1.807, 2.05) is 12.1 Å². The number of nitrogens with one attached hydrogen (secondary N) is 1. The van der Waals surface area contributed by atoms with Gasteiger partial charge in [0.2, 0.25) is 5.91 Å². The van der Waals surface area contributed by atoms with Crippen LogP contribution in [0.3, 0.4) is 0 Å². The number of hydrogen-bond acceptors (Lipinski definition) is 2. The Morgan fingerprint density at radius 1 is 1.44 bits per heavy atom. The highest BCUT2D eigenvalue weighted by molar-refractivity contribution is 7.84. The predicted octanol–water partition coefficient (Wildman–Crippen LogP) is 2.16. The van der Waals surface area contributed by atoms with Gasteiger partial charge in [-0.3, -0.25) is 9.00 Å². The van der Waals surface area contributed by atoms with Crippen LogP contribution in [0.25, 0.3) is 0 Å². The molecule has 0 spiro atoms. The van der Waals surface area contributed by atoms with Crippen molar-refractivity contribution in [2.24, 2.45) is 5.92 Å². The van der Waals surface area contributed by atoms with Crippen LogP contribution in [-0.4, -0.2) is 16.4 Å². The Morgan fingerprint density at radius 3 is 2.75 bits per heavy atom. The van der Waals surface area contributed by atoms with Gasteiger partial charge in [0.05, 0.1) is 0 Å². The molecule has 0 aliphatic heterocycles. The van der Waals surface area contributed by atoms with Crippen molar-refractivity contribution in [3.8, 4) is 0 Å². The molecule has 1 amide bonds. The Balaban J connectivity index is 2.05. The molecule has 1 saturated carbocycles. The second kappa shape index (κ2) is 4.78. The van der Waals surface area contributed by atoms with Crippen LogP contribution in [0.5, 0.6) is 0 Å². The first-order chi connectivity index (χ1) is 7.66. The molecule has 0 heterocycles. The monoisotopic (exact) mass is 237 g/mol. The lowest BCUT2D eigenvalue weighted by Crippen LogP contribution is -2.28. The average Bonchev–Trinajstić information content (AvgIpc) is 2.15. The Labute approximate surface area is 97.7 Å². The lowest BCUT2D eigenvalue weighted by atomic mass is 9.85. The molecule has 0 bridgehead atoms. The molecule has 86 valence electrons. The van der Waals surface area contributed by atoms with Gasteiger partial charge in [-0.25, -0.2) is 0 Å². The molecule has 3 nitrogen and oxygen atoms in total. The molecule has 4 heteroatoms. The average molecular weight is 237 g/mol. The van der Waals surface area contributed by atoms with Crippen LogP contribution < -0.4 is 5.32 Å². The molecule has 1 aromatic carbocycles. The van der Waals surface area contributed by atoms with E-state index in [4.69, 9.17) is 0 Å². The van der Waals surface area contributed by atoms with Crippen LogP contribution in [0.1, 0.15) is 19.3 Å². The van der Waals surface area contributed by atoms with Gasteiger partial charge in [0.25, 0.3) is 0 Å². The number of rotatable bonds is 3. The Kier molecular flexibility index (Phi) is 3.39. The van der Waals surface area contributed by atoms with Crippen molar-refractivity contribution < 1.29 is 9.00 Å². The Bertz CT molecular complexity index is 427. The minimum atomic E-state index is -1.00. The fourth-order valence-corrected chi connectivity index (χ4v) is 2.23. The second-order valence-electron chi connectivity index (χ2n) is 4.10. The zero-order valence-electron chi connectivity index (χ0n) is 9.23. The van der Waals surface area contributed by atoms with E-state index in [0.717, 1.165) is 29.8 Å². The minimum Gasteiger partial charge on any atom is -0.326 e. The van der Waals surface area contributed by atoms with Gasteiger partial charge in [-0.05, 0) is 31.0 Å². The zero-order chi connectivity index (χ0) is 11.5. The molecule has 1 unspecified atom stereocenters. The van der Waals surface area contributed by atoms with Crippen LogP contribution in [0.15, 0.2) is 29.2 Å². The highest BCUT2D eigenvalue weighted by Gasteiger charge is 2.25. The summed E-state index contributed by atoms with van der Waals surface area (Å²) < 4.78 is 11.3. The highest BCUT2D eigenvalue weighted by atomic mass is 32.2. The lowest BCUT2D eigenvalue weighted by molar-refractivity contribution is -0.122. The third-order valence-corrected chi connectivity index (χ3v) is 3.83. The van der Waals surface area contributed by atoms with E-state index in [1.54, 1.807) is 18.4 Å². The van der Waals surface area contributed by atoms with Crippen molar-refractivity contribution in [3.63, 3.8) is 0 Å². The van der Waals surface area contributed by atoms with Gasteiger partial charge < -0.3 is 5.32 Å². The molecule has 1 atom stereocenters. The maximum absolute atomic E-state index is 11.7. The summed E-state index contributed by atoms with van der Waals surface area (Å²) in [5.74, 6) is 0.265. The number of hydrogen-bond donors (Lipinski definition) is 1. The molecular formula is C12H15NO2S. The highest BCUT2D eigenvalue weighted by Crippen LogP contribution is 2.27. The van der Waals surface area contributed by atoms with Gasteiger partial charge in [-0.1, -0.05) is 12.5 Å². The molecule has 1 aliphatic rings. The van der Waals surface area contributed by atoms with Crippen LogP contribution in [0.2, 0.25) is 0 Å². The summed E-state index contributed by atoms with van der Waals surface area (Å²) in [7, 11) is -1.00. The van der Waals surface area contributed by atoms with Crippen molar-refractivity contribution in [2.45, 2.75) is 24.2 Å². The van der Waals surface area contributed by atoms with E-state index in [1.165, 1.54) is 0 Å². The SMILES string of the molecule is CS(=O)c1cccc(NC(=O)C2CCC2)c1. The summed E-state index contributed by atoms with van der Waals surface area (Å²) in [5.41, 5.74) is 0.740. The summed E-state index contributed by atoms with van der Waals surface area (Å²) in [6.45, 7) is 0. The van der Waals surface area contributed by atoms with Gasteiger partial charge >= 0.3 is 0 Å². The fourth-order valence-electron chi connectivity index (χ4n) is 1.67. The van der Waals surface area contributed by atoms with Gasteiger partial charge in [-0.2, -0.15) is 0 Å². The molecule has 1 fully saturated rings. The van der Waals surface area contributed by atoms with E-state index in [-0.39, 0.29) is 11.8 Å².